The maximum Gasteiger partial charge on any atom is 0.242 e. The molecule has 2 atom stereocenters. The summed E-state index contributed by atoms with van der Waals surface area (Å²) in [6, 6.07) is 9.19. The molecule has 5 rings (SSSR count). The fourth-order valence-electron chi connectivity index (χ4n) is 4.44. The fourth-order valence-corrected chi connectivity index (χ4v) is 6.28. The van der Waals surface area contributed by atoms with Crippen LogP contribution in [0.2, 0.25) is 0 Å². The highest BCUT2D eigenvalue weighted by Gasteiger charge is 2.52. The Labute approximate surface area is 191 Å². The largest absolute Gasteiger partial charge is 0.495 e. The van der Waals surface area contributed by atoms with Crippen molar-refractivity contribution in [3.63, 3.8) is 0 Å². The minimum Gasteiger partial charge on any atom is -0.495 e. The van der Waals surface area contributed by atoms with Crippen molar-refractivity contribution in [1.29, 1.82) is 0 Å². The Balaban J connectivity index is 1.60. The molecule has 11 heteroatoms. The number of benzene rings is 1. The third-order valence-electron chi connectivity index (χ3n) is 6.27. The van der Waals surface area contributed by atoms with Gasteiger partial charge in [0.2, 0.25) is 16.0 Å². The number of rotatable bonds is 3. The molecular formula is C22H24N6O4S. The van der Waals surface area contributed by atoms with Crippen molar-refractivity contribution in [3.05, 3.63) is 48.3 Å². The first kappa shape index (κ1) is 21.3. The van der Waals surface area contributed by atoms with Gasteiger partial charge in [-0.3, -0.25) is 4.98 Å². The topological polar surface area (TPSA) is 132 Å². The quantitative estimate of drug-likeness (QED) is 0.599. The molecule has 2 aliphatic rings. The molecule has 0 amide bonds. The number of ether oxygens (including phenoxy) is 2. The van der Waals surface area contributed by atoms with E-state index in [-0.39, 0.29) is 12.6 Å². The Kier molecular flexibility index (Phi) is 4.82. The Hall–Kier alpha value is -3.60. The van der Waals surface area contributed by atoms with E-state index in [4.69, 9.17) is 15.2 Å². The first-order valence-electron chi connectivity index (χ1n) is 10.4. The van der Waals surface area contributed by atoms with Gasteiger partial charge >= 0.3 is 0 Å². The standard InChI is InChI=1S/C22H24N6O4S/c1-22-15-10-13(26-16-6-8-24-17-11-14(31-3)12-25-20(16)17)4-5-18(15)32-9-7-19(22)33(29,30)28(2)21(23)27-22/h4-6,8,10-12,19H,7,9H2,1-3H3,(H2,23,27)(H,24,26)/t19?,22-/m1/s1. The molecule has 0 saturated heterocycles. The van der Waals surface area contributed by atoms with Gasteiger partial charge in [-0.15, -0.1) is 0 Å². The first-order chi connectivity index (χ1) is 15.7. The van der Waals surface area contributed by atoms with Crippen molar-refractivity contribution in [2.45, 2.75) is 24.1 Å². The second-order valence-corrected chi connectivity index (χ2v) is 10.3. The number of pyridine rings is 2. The average Bonchev–Trinajstić information content (AvgIpc) is 2.94. The molecule has 33 heavy (non-hydrogen) atoms. The number of sulfonamides is 1. The number of aliphatic imine (C=N–C) groups is 1. The number of fused-ring (bicyclic) bond motifs is 4. The van der Waals surface area contributed by atoms with Crippen molar-refractivity contribution in [1.82, 2.24) is 14.3 Å². The minimum absolute atomic E-state index is 0.0433. The van der Waals surface area contributed by atoms with Crippen LogP contribution in [0.4, 0.5) is 11.4 Å². The molecule has 0 spiro atoms. The number of nitrogens with zero attached hydrogens (tertiary/aromatic N) is 4. The molecule has 10 nitrogen and oxygen atoms in total. The molecule has 1 unspecified atom stereocenters. The normalized spacial score (nSPS) is 23.5. The predicted octanol–water partition coefficient (Wildman–Crippen LogP) is 2.34. The average molecular weight is 469 g/mol. The summed E-state index contributed by atoms with van der Waals surface area (Å²) in [6.07, 6.45) is 3.62. The predicted molar refractivity (Wildman–Crippen MR) is 125 cm³/mol. The molecule has 2 aliphatic heterocycles. The molecule has 2 aromatic heterocycles. The summed E-state index contributed by atoms with van der Waals surface area (Å²) in [5.74, 6) is 1.16. The van der Waals surface area contributed by atoms with Crippen molar-refractivity contribution in [3.8, 4) is 11.5 Å². The number of nitrogens with one attached hydrogen (secondary N) is 1. The van der Waals surface area contributed by atoms with Crippen molar-refractivity contribution < 1.29 is 17.9 Å². The van der Waals surface area contributed by atoms with Gasteiger partial charge < -0.3 is 20.5 Å². The summed E-state index contributed by atoms with van der Waals surface area (Å²) in [5.41, 5.74) is 8.42. The lowest BCUT2D eigenvalue weighted by atomic mass is 9.87. The molecule has 0 radical (unpaired) electrons. The van der Waals surface area contributed by atoms with Gasteiger partial charge in [-0.2, -0.15) is 0 Å². The van der Waals surface area contributed by atoms with Crippen molar-refractivity contribution in [2.75, 3.05) is 26.1 Å². The summed E-state index contributed by atoms with van der Waals surface area (Å²) in [5, 5.41) is 2.57. The second-order valence-electron chi connectivity index (χ2n) is 8.19. The van der Waals surface area contributed by atoms with Gasteiger partial charge in [-0.1, -0.05) is 0 Å². The van der Waals surface area contributed by atoms with Crippen LogP contribution < -0.4 is 20.5 Å². The lowest BCUT2D eigenvalue weighted by Crippen LogP contribution is -2.56. The Morgan fingerprint density at radius 2 is 2.09 bits per heavy atom. The third-order valence-corrected chi connectivity index (χ3v) is 8.63. The number of anilines is 2. The third kappa shape index (κ3) is 3.30. The molecule has 0 fully saturated rings. The van der Waals surface area contributed by atoms with Gasteiger partial charge in [0.15, 0.2) is 0 Å². The Morgan fingerprint density at radius 1 is 1.27 bits per heavy atom. The maximum atomic E-state index is 13.2. The van der Waals surface area contributed by atoms with Crippen LogP contribution in [0.15, 0.2) is 47.7 Å². The smallest absolute Gasteiger partial charge is 0.242 e. The molecule has 172 valence electrons. The van der Waals surface area contributed by atoms with E-state index in [1.807, 2.05) is 30.3 Å². The molecular weight excluding hydrogens is 444 g/mol. The summed E-state index contributed by atoms with van der Waals surface area (Å²) >= 11 is 0. The number of aromatic nitrogens is 2. The summed E-state index contributed by atoms with van der Waals surface area (Å²) in [4.78, 5) is 13.5. The van der Waals surface area contributed by atoms with Crippen LogP contribution >= 0.6 is 0 Å². The van der Waals surface area contributed by atoms with Crippen molar-refractivity contribution in [2.24, 2.45) is 10.7 Å². The number of hydrogen-bond acceptors (Lipinski definition) is 9. The van der Waals surface area contributed by atoms with Crippen LogP contribution in [0, 0.1) is 0 Å². The van der Waals surface area contributed by atoms with E-state index in [2.05, 4.69) is 20.3 Å². The van der Waals surface area contributed by atoms with Gasteiger partial charge in [0.1, 0.15) is 27.8 Å². The van der Waals surface area contributed by atoms with Gasteiger partial charge in [-0.05, 0) is 31.2 Å². The van der Waals surface area contributed by atoms with Crippen molar-refractivity contribution >= 4 is 38.4 Å². The molecule has 1 aromatic carbocycles. The zero-order chi connectivity index (χ0) is 23.4. The van der Waals surface area contributed by atoms with Gasteiger partial charge in [-0.25, -0.2) is 22.7 Å². The van der Waals surface area contributed by atoms with E-state index >= 15 is 0 Å². The van der Waals surface area contributed by atoms with E-state index in [1.165, 1.54) is 7.05 Å². The lowest BCUT2D eigenvalue weighted by molar-refractivity contribution is 0.310. The van der Waals surface area contributed by atoms with Crippen LogP contribution in [0.25, 0.3) is 11.0 Å². The van der Waals surface area contributed by atoms with E-state index in [0.29, 0.717) is 34.5 Å². The Bertz CT molecular complexity index is 1390. The summed E-state index contributed by atoms with van der Waals surface area (Å²) in [6.45, 7) is 2.06. The number of methoxy groups -OCH3 is 1. The minimum atomic E-state index is -3.70. The summed E-state index contributed by atoms with van der Waals surface area (Å²) < 4.78 is 38.5. The summed E-state index contributed by atoms with van der Waals surface area (Å²) in [7, 11) is -0.692. The molecule has 3 aromatic rings. The fraction of sp³-hybridized carbons (Fsp3) is 0.318. The van der Waals surface area contributed by atoms with Gasteiger partial charge in [0.05, 0.1) is 31.1 Å². The van der Waals surface area contributed by atoms with Gasteiger partial charge in [0, 0.05) is 37.0 Å². The first-order valence-corrected chi connectivity index (χ1v) is 11.9. The second kappa shape index (κ2) is 7.48. The van der Waals surface area contributed by atoms with E-state index in [1.54, 1.807) is 26.4 Å². The van der Waals surface area contributed by atoms with Gasteiger partial charge in [0.25, 0.3) is 0 Å². The highest BCUT2D eigenvalue weighted by atomic mass is 32.2. The Morgan fingerprint density at radius 3 is 2.88 bits per heavy atom. The highest BCUT2D eigenvalue weighted by molar-refractivity contribution is 7.90. The number of hydrogen-bond donors (Lipinski definition) is 2. The lowest BCUT2D eigenvalue weighted by Gasteiger charge is -2.40. The number of nitrogens with two attached hydrogens (primary N) is 1. The van der Waals surface area contributed by atoms with E-state index in [9.17, 15) is 8.42 Å². The van der Waals surface area contributed by atoms with E-state index in [0.717, 1.165) is 15.7 Å². The zero-order valence-electron chi connectivity index (χ0n) is 18.4. The molecule has 0 bridgehead atoms. The highest BCUT2D eigenvalue weighted by Crippen LogP contribution is 2.46. The van der Waals surface area contributed by atoms with Crippen LogP contribution in [0.5, 0.6) is 11.5 Å². The molecule has 3 N–H and O–H groups in total. The molecule has 0 saturated carbocycles. The van der Waals surface area contributed by atoms with Crippen LogP contribution in [-0.2, 0) is 15.6 Å². The van der Waals surface area contributed by atoms with E-state index < -0.39 is 20.8 Å². The molecule has 0 aliphatic carbocycles. The number of guanidine groups is 1. The van der Waals surface area contributed by atoms with Crippen LogP contribution in [-0.4, -0.2) is 54.7 Å². The van der Waals surface area contributed by atoms with Crippen LogP contribution in [0.3, 0.4) is 0 Å². The monoisotopic (exact) mass is 468 g/mol. The SMILES string of the molecule is COc1cnc2c(Nc3ccc4c(c3)[C@@]3(C)N=C(N)N(C)S(=O)(=O)C3CCO4)ccnc2c1. The molecule has 4 heterocycles. The van der Waals surface area contributed by atoms with Crippen LogP contribution in [0.1, 0.15) is 18.9 Å². The zero-order valence-corrected chi connectivity index (χ0v) is 19.3. The maximum absolute atomic E-state index is 13.2.